The van der Waals surface area contributed by atoms with Gasteiger partial charge in [0.05, 0.1) is 0 Å². The summed E-state index contributed by atoms with van der Waals surface area (Å²) in [4.78, 5) is 0. The summed E-state index contributed by atoms with van der Waals surface area (Å²) in [6.45, 7) is 12.3. The Balaban J connectivity index is 1.95. The fraction of sp³-hybridized carbons (Fsp3) is 1.00. The van der Waals surface area contributed by atoms with E-state index in [1.54, 1.807) is 6.42 Å². The van der Waals surface area contributed by atoms with E-state index in [4.69, 9.17) is 0 Å². The molecule has 0 aromatic carbocycles. The van der Waals surface area contributed by atoms with Crippen LogP contribution in [0.25, 0.3) is 0 Å². The minimum absolute atomic E-state index is 0.851. The van der Waals surface area contributed by atoms with E-state index in [0.29, 0.717) is 0 Å². The van der Waals surface area contributed by atoms with Gasteiger partial charge in [-0.1, -0.05) is 41.0 Å². The lowest BCUT2D eigenvalue weighted by Crippen LogP contribution is -2.31. The Morgan fingerprint density at radius 3 is 2.18 bits per heavy atom. The highest BCUT2D eigenvalue weighted by Crippen LogP contribution is 2.50. The molecule has 0 nitrogen and oxygen atoms in total. The predicted molar refractivity (Wildman–Crippen MR) is 75.9 cm³/mol. The molecule has 2 rings (SSSR count). The molecule has 0 heterocycles. The van der Waals surface area contributed by atoms with Crippen LogP contribution < -0.4 is 0 Å². The van der Waals surface area contributed by atoms with E-state index in [1.165, 1.54) is 25.7 Å². The quantitative estimate of drug-likeness (QED) is 0.617. The lowest BCUT2D eigenvalue weighted by atomic mass is 9.66. The van der Waals surface area contributed by atoms with E-state index in [2.05, 4.69) is 34.6 Å². The molecule has 2 saturated carbocycles. The lowest BCUT2D eigenvalue weighted by Gasteiger charge is -2.39. The number of hydrogen-bond acceptors (Lipinski definition) is 0. The summed E-state index contributed by atoms with van der Waals surface area (Å²) >= 11 is 0. The van der Waals surface area contributed by atoms with Gasteiger partial charge in [-0.05, 0) is 67.1 Å². The number of fused-ring (bicyclic) bond motifs is 1. The van der Waals surface area contributed by atoms with E-state index in [9.17, 15) is 0 Å². The largest absolute Gasteiger partial charge is 0.0625 e. The van der Waals surface area contributed by atoms with Gasteiger partial charge < -0.3 is 0 Å². The molecule has 0 heteroatoms. The smallest absolute Gasteiger partial charge is 0.0357 e. The fourth-order valence-electron chi connectivity index (χ4n) is 4.56. The highest BCUT2D eigenvalue weighted by atomic mass is 14.5. The van der Waals surface area contributed by atoms with Crippen LogP contribution in [0.5, 0.6) is 0 Å². The third kappa shape index (κ3) is 2.71. The van der Waals surface area contributed by atoms with Crippen molar-refractivity contribution < 1.29 is 0 Å². The Kier molecular flexibility index (Phi) is 4.21. The Morgan fingerprint density at radius 1 is 0.882 bits per heavy atom. The molecule has 17 heavy (non-hydrogen) atoms. The van der Waals surface area contributed by atoms with Crippen LogP contribution in [0, 0.1) is 41.4 Å². The van der Waals surface area contributed by atoms with Gasteiger partial charge in [0.15, 0.2) is 0 Å². The molecule has 0 N–H and O–H groups in total. The molecule has 0 radical (unpaired) electrons. The molecule has 6 unspecified atom stereocenters. The first-order chi connectivity index (χ1) is 8.00. The van der Waals surface area contributed by atoms with Gasteiger partial charge in [0, 0.05) is 0 Å². The second-order valence-corrected chi connectivity index (χ2v) is 7.51. The first-order valence-corrected chi connectivity index (χ1v) is 8.00. The SMILES string of the molecule is CC(C)C(C)C(C)C1CCC2CCC(C)C2C1. The minimum Gasteiger partial charge on any atom is -0.0625 e. The molecule has 0 spiro atoms. The second kappa shape index (κ2) is 5.33. The summed E-state index contributed by atoms with van der Waals surface area (Å²) in [5.41, 5.74) is 0. The molecule has 6 atom stereocenters. The van der Waals surface area contributed by atoms with Crippen molar-refractivity contribution in [3.8, 4) is 0 Å². The average molecular weight is 236 g/mol. The molecule has 0 bridgehead atoms. The second-order valence-electron chi connectivity index (χ2n) is 7.51. The van der Waals surface area contributed by atoms with Crippen LogP contribution in [0.4, 0.5) is 0 Å². The fourth-order valence-corrected chi connectivity index (χ4v) is 4.56. The van der Waals surface area contributed by atoms with Gasteiger partial charge in [0.1, 0.15) is 0 Å². The number of rotatable bonds is 3. The van der Waals surface area contributed by atoms with Crippen molar-refractivity contribution in [2.24, 2.45) is 41.4 Å². The molecule has 2 fully saturated rings. The summed E-state index contributed by atoms with van der Waals surface area (Å²) in [7, 11) is 0. The van der Waals surface area contributed by atoms with E-state index in [-0.39, 0.29) is 0 Å². The van der Waals surface area contributed by atoms with Crippen LogP contribution in [-0.2, 0) is 0 Å². The zero-order chi connectivity index (χ0) is 12.6. The molecule has 0 amide bonds. The summed E-state index contributed by atoms with van der Waals surface area (Å²) in [6.07, 6.45) is 7.65. The van der Waals surface area contributed by atoms with Gasteiger partial charge in [-0.2, -0.15) is 0 Å². The average Bonchev–Trinajstić information content (AvgIpc) is 2.68. The van der Waals surface area contributed by atoms with Crippen LogP contribution in [0.15, 0.2) is 0 Å². The number of hydrogen-bond donors (Lipinski definition) is 0. The highest BCUT2D eigenvalue weighted by Gasteiger charge is 2.40. The van der Waals surface area contributed by atoms with E-state index < -0.39 is 0 Å². The molecule has 2 aliphatic rings. The zero-order valence-electron chi connectivity index (χ0n) is 12.6. The van der Waals surface area contributed by atoms with Crippen molar-refractivity contribution in [3.05, 3.63) is 0 Å². The molecule has 100 valence electrons. The van der Waals surface area contributed by atoms with Crippen LogP contribution >= 0.6 is 0 Å². The van der Waals surface area contributed by atoms with Gasteiger partial charge in [-0.3, -0.25) is 0 Å². The van der Waals surface area contributed by atoms with Crippen LogP contribution in [-0.4, -0.2) is 0 Å². The monoisotopic (exact) mass is 236 g/mol. The molecule has 0 aliphatic heterocycles. The van der Waals surface area contributed by atoms with Crippen molar-refractivity contribution in [2.45, 2.75) is 66.7 Å². The molecular weight excluding hydrogens is 204 g/mol. The maximum Gasteiger partial charge on any atom is -0.0357 e. The normalized spacial score (nSPS) is 41.3. The third-order valence-electron chi connectivity index (χ3n) is 6.44. The first kappa shape index (κ1) is 13.4. The molecule has 0 saturated heterocycles. The van der Waals surface area contributed by atoms with Crippen LogP contribution in [0.2, 0.25) is 0 Å². The van der Waals surface area contributed by atoms with E-state index in [1.807, 2.05) is 0 Å². The van der Waals surface area contributed by atoms with Crippen molar-refractivity contribution in [1.29, 1.82) is 0 Å². The highest BCUT2D eigenvalue weighted by molar-refractivity contribution is 4.90. The van der Waals surface area contributed by atoms with Crippen molar-refractivity contribution in [3.63, 3.8) is 0 Å². The van der Waals surface area contributed by atoms with Crippen LogP contribution in [0.3, 0.4) is 0 Å². The zero-order valence-corrected chi connectivity index (χ0v) is 12.6. The predicted octanol–water partition coefficient (Wildman–Crippen LogP) is 5.38. The Labute approximate surface area is 109 Å². The van der Waals surface area contributed by atoms with E-state index >= 15 is 0 Å². The summed E-state index contributed by atoms with van der Waals surface area (Å²) in [5, 5.41) is 0. The Bertz CT molecular complexity index is 242. The van der Waals surface area contributed by atoms with Gasteiger partial charge in [0.2, 0.25) is 0 Å². The third-order valence-corrected chi connectivity index (χ3v) is 6.44. The van der Waals surface area contributed by atoms with Crippen LogP contribution in [0.1, 0.15) is 66.7 Å². The van der Waals surface area contributed by atoms with Gasteiger partial charge in [0.25, 0.3) is 0 Å². The van der Waals surface area contributed by atoms with Crippen molar-refractivity contribution in [1.82, 2.24) is 0 Å². The molecule has 0 aromatic heterocycles. The molecular formula is C17H32. The van der Waals surface area contributed by atoms with Gasteiger partial charge in [-0.25, -0.2) is 0 Å². The standard InChI is InChI=1S/C17H32/c1-11(2)13(4)14(5)16-9-8-15-7-6-12(3)17(15)10-16/h11-17H,6-10H2,1-5H3. The summed E-state index contributed by atoms with van der Waals surface area (Å²) < 4.78 is 0. The first-order valence-electron chi connectivity index (χ1n) is 8.00. The summed E-state index contributed by atoms with van der Waals surface area (Å²) in [6, 6.07) is 0. The van der Waals surface area contributed by atoms with Gasteiger partial charge in [-0.15, -0.1) is 0 Å². The topological polar surface area (TPSA) is 0 Å². The Morgan fingerprint density at radius 2 is 1.53 bits per heavy atom. The molecule has 0 aromatic rings. The lowest BCUT2D eigenvalue weighted by molar-refractivity contribution is 0.103. The maximum atomic E-state index is 2.52. The minimum atomic E-state index is 0.851. The van der Waals surface area contributed by atoms with Gasteiger partial charge >= 0.3 is 0 Å². The maximum absolute atomic E-state index is 2.52. The van der Waals surface area contributed by atoms with Crippen molar-refractivity contribution >= 4 is 0 Å². The van der Waals surface area contributed by atoms with Crippen molar-refractivity contribution in [2.75, 3.05) is 0 Å². The Hall–Kier alpha value is 0. The van der Waals surface area contributed by atoms with E-state index in [0.717, 1.165) is 41.4 Å². The summed E-state index contributed by atoms with van der Waals surface area (Å²) in [5.74, 6) is 6.90. The molecule has 2 aliphatic carbocycles.